The van der Waals surface area contributed by atoms with Crippen LogP contribution in [0.25, 0.3) is 0 Å². The summed E-state index contributed by atoms with van der Waals surface area (Å²) < 4.78 is 0. The molecule has 1 aliphatic heterocycles. The van der Waals surface area contributed by atoms with Crippen LogP contribution < -0.4 is 5.32 Å². The van der Waals surface area contributed by atoms with Gasteiger partial charge in [-0.1, -0.05) is 0 Å². The molecule has 3 N–H and O–H groups in total. The number of benzene rings is 1. The Morgan fingerprint density at radius 2 is 2.07 bits per heavy atom. The summed E-state index contributed by atoms with van der Waals surface area (Å²) in [5.74, 6) is -0.544. The van der Waals surface area contributed by atoms with Crippen LogP contribution in [0.2, 0.25) is 5.32 Å². The second-order valence-corrected chi connectivity index (χ2v) is 5.75. The summed E-state index contributed by atoms with van der Waals surface area (Å²) in [6.07, 6.45) is 0. The van der Waals surface area contributed by atoms with Gasteiger partial charge in [0.15, 0.2) is 0 Å². The first-order chi connectivity index (χ1) is 7.16. The minimum atomic E-state index is -0.779. The van der Waals surface area contributed by atoms with Crippen LogP contribution in [0.5, 0.6) is 5.75 Å². The fourth-order valence-corrected chi connectivity index (χ4v) is 4.04. The quantitative estimate of drug-likeness (QED) is 0.688. The van der Waals surface area contributed by atoms with Crippen LogP contribution in [0, 0.1) is 0 Å². The van der Waals surface area contributed by atoms with Crippen molar-refractivity contribution in [2.45, 2.75) is 16.3 Å². The second-order valence-electron chi connectivity index (χ2n) is 3.36. The minimum absolute atomic E-state index is 0.152. The normalized spacial score (nSPS) is 25.3. The van der Waals surface area contributed by atoms with Gasteiger partial charge in [-0.15, -0.1) is 0 Å². The van der Waals surface area contributed by atoms with E-state index in [0.717, 1.165) is 5.56 Å². The Morgan fingerprint density at radius 3 is 2.60 bits per heavy atom. The Morgan fingerprint density at radius 1 is 1.40 bits per heavy atom. The number of rotatable bonds is 2. The molecule has 1 saturated heterocycles. The summed E-state index contributed by atoms with van der Waals surface area (Å²) in [4.78, 5) is 10.9. The summed E-state index contributed by atoms with van der Waals surface area (Å²) in [6, 6.07) is 6.50. The van der Waals surface area contributed by atoms with E-state index in [4.69, 9.17) is 10.2 Å². The molecule has 2 rings (SSSR count). The van der Waals surface area contributed by atoms with E-state index < -0.39 is 12.0 Å². The molecule has 0 amide bonds. The predicted molar refractivity (Wildman–Crippen MR) is 56.0 cm³/mol. The van der Waals surface area contributed by atoms with Gasteiger partial charge in [0, 0.05) is 0 Å². The van der Waals surface area contributed by atoms with E-state index in [9.17, 15) is 4.79 Å². The van der Waals surface area contributed by atoms with Gasteiger partial charge in [0.25, 0.3) is 0 Å². The Balaban J connectivity index is 2.07. The van der Waals surface area contributed by atoms with Crippen molar-refractivity contribution in [3.05, 3.63) is 29.8 Å². The van der Waals surface area contributed by atoms with Crippen LogP contribution in [0.15, 0.2) is 24.3 Å². The molecule has 0 radical (unpaired) electrons. The molecule has 5 heteroatoms. The molecule has 1 aromatic rings. The first-order valence-electron chi connectivity index (χ1n) is 4.56. The molecule has 1 heterocycles. The van der Waals surface area contributed by atoms with Gasteiger partial charge in [-0.05, 0) is 0 Å². The van der Waals surface area contributed by atoms with Gasteiger partial charge < -0.3 is 0 Å². The third-order valence-electron chi connectivity index (χ3n) is 2.28. The Kier molecular flexibility index (Phi) is 2.95. The molecule has 0 bridgehead atoms. The number of phenolic OH excluding ortho intramolecular Hbond substituents is 1. The number of carboxylic acid groups (broad SMARTS) is 1. The van der Waals surface area contributed by atoms with Crippen molar-refractivity contribution in [2.75, 3.05) is 0 Å². The summed E-state index contributed by atoms with van der Waals surface area (Å²) in [5.41, 5.74) is 1.05. The Bertz CT molecular complexity index is 365. The molecule has 0 spiro atoms. The SMILES string of the molecule is O=C(O)[C@@H]1C[Se]C(c2ccc(O)cc2)N1. The average molecular weight is 272 g/mol. The molecule has 1 unspecified atom stereocenters. The first kappa shape index (κ1) is 10.5. The predicted octanol–water partition coefficient (Wildman–Crippen LogP) is 0.570. The van der Waals surface area contributed by atoms with Gasteiger partial charge in [0.05, 0.1) is 0 Å². The molecular formula is C10H11NO3Se. The fourth-order valence-electron chi connectivity index (χ4n) is 1.46. The van der Waals surface area contributed by atoms with Gasteiger partial charge in [0.2, 0.25) is 0 Å². The van der Waals surface area contributed by atoms with E-state index in [1.54, 1.807) is 12.1 Å². The third kappa shape index (κ3) is 2.31. The zero-order valence-corrected chi connectivity index (χ0v) is 9.60. The molecule has 1 aromatic carbocycles. The van der Waals surface area contributed by atoms with E-state index >= 15 is 0 Å². The van der Waals surface area contributed by atoms with E-state index in [-0.39, 0.29) is 25.6 Å². The second kappa shape index (κ2) is 4.23. The standard InChI is InChI=1S/C10H11NO3Se/c12-7-3-1-6(2-4-7)9-11-8(5-15-9)10(13)14/h1-4,8-9,11-12H,5H2,(H,13,14)/t8-,9?/m0/s1. The molecule has 0 aliphatic carbocycles. The van der Waals surface area contributed by atoms with E-state index in [2.05, 4.69) is 5.32 Å². The number of nitrogens with one attached hydrogen (secondary N) is 1. The maximum absolute atomic E-state index is 10.7. The van der Waals surface area contributed by atoms with E-state index in [0.29, 0.717) is 5.32 Å². The van der Waals surface area contributed by atoms with Crippen LogP contribution in [0.1, 0.15) is 10.5 Å². The van der Waals surface area contributed by atoms with Gasteiger partial charge in [-0.3, -0.25) is 0 Å². The zero-order valence-electron chi connectivity index (χ0n) is 7.88. The van der Waals surface area contributed by atoms with E-state index in [1.807, 2.05) is 12.1 Å². The van der Waals surface area contributed by atoms with Gasteiger partial charge >= 0.3 is 93.1 Å². The number of aromatic hydroxyl groups is 1. The van der Waals surface area contributed by atoms with Crippen molar-refractivity contribution < 1.29 is 15.0 Å². The van der Waals surface area contributed by atoms with Crippen molar-refractivity contribution in [2.24, 2.45) is 0 Å². The molecular weight excluding hydrogens is 261 g/mol. The maximum atomic E-state index is 10.7. The summed E-state index contributed by atoms with van der Waals surface area (Å²) in [5, 5.41) is 21.7. The van der Waals surface area contributed by atoms with Gasteiger partial charge in [-0.25, -0.2) is 0 Å². The summed E-state index contributed by atoms with van der Waals surface area (Å²) >= 11 is 0.264. The third-order valence-corrected chi connectivity index (χ3v) is 4.94. The fraction of sp³-hybridized carbons (Fsp3) is 0.300. The Labute approximate surface area is 93.5 Å². The van der Waals surface area contributed by atoms with Crippen LogP contribution >= 0.6 is 0 Å². The number of phenols is 1. The van der Waals surface area contributed by atoms with Crippen molar-refractivity contribution in [3.8, 4) is 5.75 Å². The monoisotopic (exact) mass is 273 g/mol. The van der Waals surface area contributed by atoms with Gasteiger partial charge in [0.1, 0.15) is 0 Å². The number of hydrogen-bond acceptors (Lipinski definition) is 3. The average Bonchev–Trinajstić information content (AvgIpc) is 2.68. The van der Waals surface area contributed by atoms with Crippen LogP contribution in [-0.4, -0.2) is 37.2 Å². The number of hydrogen-bond donors (Lipinski definition) is 3. The zero-order chi connectivity index (χ0) is 10.8. The van der Waals surface area contributed by atoms with Crippen LogP contribution in [0.4, 0.5) is 0 Å². The Hall–Kier alpha value is -1.03. The summed E-state index contributed by atoms with van der Waals surface area (Å²) in [6.45, 7) is 0. The molecule has 1 fully saturated rings. The topological polar surface area (TPSA) is 69.6 Å². The molecule has 80 valence electrons. The van der Waals surface area contributed by atoms with Crippen LogP contribution in [-0.2, 0) is 4.79 Å². The molecule has 2 atom stereocenters. The van der Waals surface area contributed by atoms with E-state index in [1.165, 1.54) is 0 Å². The molecule has 1 aliphatic rings. The van der Waals surface area contributed by atoms with Crippen molar-refractivity contribution in [1.82, 2.24) is 5.32 Å². The molecule has 0 saturated carbocycles. The van der Waals surface area contributed by atoms with Gasteiger partial charge in [-0.2, -0.15) is 0 Å². The summed E-state index contributed by atoms with van der Waals surface area (Å²) in [7, 11) is 0. The molecule has 15 heavy (non-hydrogen) atoms. The van der Waals surface area contributed by atoms with Crippen molar-refractivity contribution >= 4 is 20.9 Å². The number of aliphatic carboxylic acids is 1. The van der Waals surface area contributed by atoms with Crippen LogP contribution in [0.3, 0.4) is 0 Å². The number of carboxylic acids is 1. The molecule has 0 aromatic heterocycles. The first-order valence-corrected chi connectivity index (χ1v) is 6.76. The molecule has 4 nitrogen and oxygen atoms in total. The van der Waals surface area contributed by atoms with Crippen molar-refractivity contribution in [3.63, 3.8) is 0 Å². The van der Waals surface area contributed by atoms with Crippen molar-refractivity contribution in [1.29, 1.82) is 0 Å². The number of carbonyl (C=O) groups is 1.